The molecule has 2 rings (SSSR count). The van der Waals surface area contributed by atoms with Crippen molar-refractivity contribution < 1.29 is 9.53 Å². The summed E-state index contributed by atoms with van der Waals surface area (Å²) in [5.41, 5.74) is 1.51. The van der Waals surface area contributed by atoms with Crippen molar-refractivity contribution in [3.63, 3.8) is 0 Å². The molecule has 0 unspecified atom stereocenters. The van der Waals surface area contributed by atoms with Gasteiger partial charge in [-0.2, -0.15) is 0 Å². The zero-order valence-corrected chi connectivity index (χ0v) is 12.5. The number of hydrogen-bond acceptors (Lipinski definition) is 4. The minimum atomic E-state index is -0.153. The molecule has 1 aromatic heterocycles. The Kier molecular flexibility index (Phi) is 5.12. The molecule has 0 fully saturated rings. The maximum absolute atomic E-state index is 12.0. The molecule has 0 aliphatic carbocycles. The molecule has 20 heavy (non-hydrogen) atoms. The SMILES string of the molecule is CCCCOc1ccc(C(=O)Nc2nc(C)cs2)cc1. The Bertz CT molecular complexity index is 564. The molecule has 1 heterocycles. The van der Waals surface area contributed by atoms with Gasteiger partial charge in [0.25, 0.3) is 5.91 Å². The lowest BCUT2D eigenvalue weighted by Gasteiger charge is -2.06. The Morgan fingerprint density at radius 1 is 1.35 bits per heavy atom. The van der Waals surface area contributed by atoms with Crippen molar-refractivity contribution in [1.29, 1.82) is 0 Å². The molecule has 0 spiro atoms. The predicted molar refractivity (Wildman–Crippen MR) is 81.6 cm³/mol. The number of nitrogens with one attached hydrogen (secondary N) is 1. The number of carbonyl (C=O) groups excluding carboxylic acids is 1. The fourth-order valence-corrected chi connectivity index (χ4v) is 2.30. The first-order chi connectivity index (χ1) is 9.69. The molecule has 0 radical (unpaired) electrons. The summed E-state index contributed by atoms with van der Waals surface area (Å²) >= 11 is 1.42. The summed E-state index contributed by atoms with van der Waals surface area (Å²) in [6, 6.07) is 7.16. The molecule has 0 saturated carbocycles. The van der Waals surface area contributed by atoms with Crippen LogP contribution in [0, 0.1) is 6.92 Å². The van der Waals surface area contributed by atoms with Gasteiger partial charge in [-0.3, -0.25) is 10.1 Å². The van der Waals surface area contributed by atoms with Crippen LogP contribution in [0.15, 0.2) is 29.6 Å². The zero-order chi connectivity index (χ0) is 14.4. The summed E-state index contributed by atoms with van der Waals surface area (Å²) in [5, 5.41) is 5.30. The summed E-state index contributed by atoms with van der Waals surface area (Å²) < 4.78 is 5.56. The molecule has 0 saturated heterocycles. The van der Waals surface area contributed by atoms with E-state index in [0.717, 1.165) is 24.3 Å². The van der Waals surface area contributed by atoms with Crippen LogP contribution in [0.2, 0.25) is 0 Å². The highest BCUT2D eigenvalue weighted by molar-refractivity contribution is 7.13. The molecule has 4 nitrogen and oxygen atoms in total. The van der Waals surface area contributed by atoms with Crippen molar-refractivity contribution >= 4 is 22.4 Å². The van der Waals surface area contributed by atoms with Crippen LogP contribution >= 0.6 is 11.3 Å². The van der Waals surface area contributed by atoms with Crippen molar-refractivity contribution in [3.8, 4) is 5.75 Å². The maximum atomic E-state index is 12.0. The second kappa shape index (κ2) is 7.05. The molecule has 0 bridgehead atoms. The molecule has 5 heteroatoms. The number of thiazole rings is 1. The molecular formula is C15H18N2O2S. The van der Waals surface area contributed by atoms with Crippen LogP contribution in [-0.4, -0.2) is 17.5 Å². The van der Waals surface area contributed by atoms with Gasteiger partial charge in [0.1, 0.15) is 5.75 Å². The highest BCUT2D eigenvalue weighted by Crippen LogP contribution is 2.17. The number of hydrogen-bond donors (Lipinski definition) is 1. The van der Waals surface area contributed by atoms with Crippen LogP contribution in [0.3, 0.4) is 0 Å². The lowest BCUT2D eigenvalue weighted by atomic mass is 10.2. The number of rotatable bonds is 6. The Hall–Kier alpha value is -1.88. The van der Waals surface area contributed by atoms with E-state index in [1.807, 2.05) is 24.4 Å². The Morgan fingerprint density at radius 2 is 2.10 bits per heavy atom. The molecule has 0 atom stereocenters. The van der Waals surface area contributed by atoms with E-state index in [4.69, 9.17) is 4.74 Å². The van der Waals surface area contributed by atoms with E-state index in [9.17, 15) is 4.79 Å². The number of amides is 1. The van der Waals surface area contributed by atoms with Gasteiger partial charge in [-0.1, -0.05) is 13.3 Å². The van der Waals surface area contributed by atoms with E-state index in [0.29, 0.717) is 17.3 Å². The van der Waals surface area contributed by atoms with Gasteiger partial charge in [-0.25, -0.2) is 4.98 Å². The van der Waals surface area contributed by atoms with Gasteiger partial charge >= 0.3 is 0 Å². The van der Waals surface area contributed by atoms with Crippen molar-refractivity contribution in [2.24, 2.45) is 0 Å². The summed E-state index contributed by atoms with van der Waals surface area (Å²) in [7, 11) is 0. The molecule has 0 aliphatic rings. The summed E-state index contributed by atoms with van der Waals surface area (Å²) in [4.78, 5) is 16.2. The topological polar surface area (TPSA) is 51.2 Å². The number of ether oxygens (including phenoxy) is 1. The van der Waals surface area contributed by atoms with Gasteiger partial charge in [0.15, 0.2) is 5.13 Å². The fraction of sp³-hybridized carbons (Fsp3) is 0.333. The fourth-order valence-electron chi connectivity index (χ4n) is 1.62. The first-order valence-corrected chi connectivity index (χ1v) is 7.53. The van der Waals surface area contributed by atoms with Crippen LogP contribution in [0.1, 0.15) is 35.8 Å². The molecule has 2 aromatic rings. The van der Waals surface area contributed by atoms with Crippen LogP contribution in [-0.2, 0) is 0 Å². The van der Waals surface area contributed by atoms with E-state index in [1.165, 1.54) is 11.3 Å². The third kappa shape index (κ3) is 4.06. The van der Waals surface area contributed by atoms with Crippen LogP contribution < -0.4 is 10.1 Å². The number of benzene rings is 1. The molecule has 1 amide bonds. The summed E-state index contributed by atoms with van der Waals surface area (Å²) in [6.07, 6.45) is 2.14. The maximum Gasteiger partial charge on any atom is 0.257 e. The minimum absolute atomic E-state index is 0.153. The normalized spacial score (nSPS) is 10.3. The highest BCUT2D eigenvalue weighted by Gasteiger charge is 2.08. The third-order valence-corrected chi connectivity index (χ3v) is 3.60. The van der Waals surface area contributed by atoms with Gasteiger partial charge in [-0.15, -0.1) is 11.3 Å². The smallest absolute Gasteiger partial charge is 0.257 e. The van der Waals surface area contributed by atoms with Crippen molar-refractivity contribution in [3.05, 3.63) is 40.9 Å². The van der Waals surface area contributed by atoms with E-state index < -0.39 is 0 Å². The van der Waals surface area contributed by atoms with Crippen LogP contribution in [0.4, 0.5) is 5.13 Å². The summed E-state index contributed by atoms with van der Waals surface area (Å²) in [5.74, 6) is 0.638. The Morgan fingerprint density at radius 3 is 2.70 bits per heavy atom. The standard InChI is InChI=1S/C15H18N2O2S/c1-3-4-9-19-13-7-5-12(6-8-13)14(18)17-15-16-11(2)10-20-15/h5-8,10H,3-4,9H2,1-2H3,(H,16,17,18). The second-order valence-corrected chi connectivity index (χ2v) is 5.33. The van der Waals surface area contributed by atoms with Crippen LogP contribution in [0.5, 0.6) is 5.75 Å². The number of nitrogens with zero attached hydrogens (tertiary/aromatic N) is 1. The van der Waals surface area contributed by atoms with E-state index in [-0.39, 0.29) is 5.91 Å². The number of unbranched alkanes of at least 4 members (excludes halogenated alkanes) is 1. The predicted octanol–water partition coefficient (Wildman–Crippen LogP) is 3.88. The molecule has 1 aromatic carbocycles. The van der Waals surface area contributed by atoms with E-state index >= 15 is 0 Å². The Balaban J connectivity index is 1.93. The van der Waals surface area contributed by atoms with Crippen molar-refractivity contribution in [2.45, 2.75) is 26.7 Å². The monoisotopic (exact) mass is 290 g/mol. The van der Waals surface area contributed by atoms with Crippen molar-refractivity contribution in [1.82, 2.24) is 4.98 Å². The average Bonchev–Trinajstić information content (AvgIpc) is 2.85. The minimum Gasteiger partial charge on any atom is -0.494 e. The lowest BCUT2D eigenvalue weighted by Crippen LogP contribution is -2.11. The van der Waals surface area contributed by atoms with E-state index in [1.54, 1.807) is 12.1 Å². The summed E-state index contributed by atoms with van der Waals surface area (Å²) in [6.45, 7) is 4.73. The van der Waals surface area contributed by atoms with E-state index in [2.05, 4.69) is 17.2 Å². The van der Waals surface area contributed by atoms with Crippen molar-refractivity contribution in [2.75, 3.05) is 11.9 Å². The number of aromatic nitrogens is 1. The molecule has 106 valence electrons. The lowest BCUT2D eigenvalue weighted by molar-refractivity contribution is 0.102. The third-order valence-electron chi connectivity index (χ3n) is 2.72. The average molecular weight is 290 g/mol. The first kappa shape index (κ1) is 14.5. The zero-order valence-electron chi connectivity index (χ0n) is 11.7. The Labute approximate surface area is 122 Å². The highest BCUT2D eigenvalue weighted by atomic mass is 32.1. The molecule has 1 N–H and O–H groups in total. The molecule has 0 aliphatic heterocycles. The van der Waals surface area contributed by atoms with Gasteiger partial charge in [0.05, 0.1) is 12.3 Å². The second-order valence-electron chi connectivity index (χ2n) is 4.47. The van der Waals surface area contributed by atoms with Gasteiger partial charge in [-0.05, 0) is 37.6 Å². The molecular weight excluding hydrogens is 272 g/mol. The number of anilines is 1. The first-order valence-electron chi connectivity index (χ1n) is 6.65. The number of aryl methyl sites for hydroxylation is 1. The largest absolute Gasteiger partial charge is 0.494 e. The van der Waals surface area contributed by atoms with Crippen LogP contribution in [0.25, 0.3) is 0 Å². The van der Waals surface area contributed by atoms with Gasteiger partial charge in [0.2, 0.25) is 0 Å². The quantitative estimate of drug-likeness (QED) is 0.821. The number of carbonyl (C=O) groups is 1. The van der Waals surface area contributed by atoms with Gasteiger partial charge < -0.3 is 4.74 Å². The van der Waals surface area contributed by atoms with Gasteiger partial charge in [0, 0.05) is 10.9 Å².